The van der Waals surface area contributed by atoms with E-state index in [9.17, 15) is 4.21 Å². The SMILES string of the molecule is CCS(=O)C1CCCC(NC(=NC)NCCOc2c(C)cccc2C)C1. The van der Waals surface area contributed by atoms with Crippen molar-refractivity contribution in [2.75, 3.05) is 26.0 Å². The van der Waals surface area contributed by atoms with Gasteiger partial charge in [-0.25, -0.2) is 0 Å². The third-order valence-corrected chi connectivity index (χ3v) is 6.64. The second-order valence-corrected chi connectivity index (χ2v) is 8.87. The van der Waals surface area contributed by atoms with E-state index in [4.69, 9.17) is 4.74 Å². The Morgan fingerprint density at radius 3 is 2.69 bits per heavy atom. The standard InChI is InChI=1S/C20H33N3O2S/c1-5-26(24)18-11-7-10-17(14-18)23-20(21-4)22-12-13-25-19-15(2)8-6-9-16(19)3/h6,8-9,17-18H,5,7,10-14H2,1-4H3,(H2,21,22,23). The highest BCUT2D eigenvalue weighted by atomic mass is 32.2. The zero-order valence-corrected chi connectivity index (χ0v) is 17.3. The molecule has 1 aromatic rings. The van der Waals surface area contributed by atoms with E-state index in [-0.39, 0.29) is 0 Å². The number of hydrogen-bond acceptors (Lipinski definition) is 3. The molecule has 0 amide bonds. The highest BCUT2D eigenvalue weighted by molar-refractivity contribution is 7.85. The Morgan fingerprint density at radius 2 is 2.04 bits per heavy atom. The average Bonchev–Trinajstić information content (AvgIpc) is 2.65. The van der Waals surface area contributed by atoms with Crippen LogP contribution in [0.1, 0.15) is 43.7 Å². The predicted octanol–water partition coefficient (Wildman–Crippen LogP) is 2.93. The Hall–Kier alpha value is -1.56. The quantitative estimate of drug-likeness (QED) is 0.434. The number of para-hydroxylation sites is 1. The molecule has 1 aliphatic rings. The topological polar surface area (TPSA) is 62.7 Å². The number of rotatable bonds is 7. The molecule has 1 aromatic carbocycles. The highest BCUT2D eigenvalue weighted by Crippen LogP contribution is 2.23. The van der Waals surface area contributed by atoms with Crippen molar-refractivity contribution < 1.29 is 8.95 Å². The van der Waals surface area contributed by atoms with E-state index in [1.54, 1.807) is 7.05 Å². The van der Waals surface area contributed by atoms with Crippen molar-refractivity contribution in [1.29, 1.82) is 0 Å². The van der Waals surface area contributed by atoms with Gasteiger partial charge < -0.3 is 15.4 Å². The minimum absolute atomic E-state index is 0.316. The lowest BCUT2D eigenvalue weighted by atomic mass is 9.95. The number of guanidine groups is 1. The van der Waals surface area contributed by atoms with E-state index in [0.29, 0.717) is 24.4 Å². The molecule has 1 fully saturated rings. The van der Waals surface area contributed by atoms with Crippen molar-refractivity contribution in [2.24, 2.45) is 4.99 Å². The van der Waals surface area contributed by atoms with Gasteiger partial charge in [0.1, 0.15) is 12.4 Å². The molecule has 0 aliphatic heterocycles. The van der Waals surface area contributed by atoms with Gasteiger partial charge in [-0.05, 0) is 44.2 Å². The maximum absolute atomic E-state index is 12.1. The normalized spacial score (nSPS) is 21.9. The molecule has 0 aromatic heterocycles. The lowest BCUT2D eigenvalue weighted by molar-refractivity contribution is 0.317. The molecule has 2 rings (SSSR count). The van der Waals surface area contributed by atoms with Gasteiger partial charge in [-0.1, -0.05) is 31.5 Å². The minimum atomic E-state index is -0.704. The second kappa shape index (κ2) is 10.6. The van der Waals surface area contributed by atoms with Gasteiger partial charge in [0.2, 0.25) is 0 Å². The molecule has 0 spiro atoms. The average molecular weight is 380 g/mol. The fraction of sp³-hybridized carbons (Fsp3) is 0.650. The molecule has 146 valence electrons. The van der Waals surface area contributed by atoms with Gasteiger partial charge in [-0.2, -0.15) is 0 Å². The monoisotopic (exact) mass is 379 g/mol. The summed E-state index contributed by atoms with van der Waals surface area (Å²) in [5.74, 6) is 2.51. The minimum Gasteiger partial charge on any atom is -0.491 e. The summed E-state index contributed by atoms with van der Waals surface area (Å²) < 4.78 is 18.0. The van der Waals surface area contributed by atoms with Crippen LogP contribution in [-0.2, 0) is 10.8 Å². The van der Waals surface area contributed by atoms with Gasteiger partial charge in [0.05, 0.1) is 6.54 Å². The lowest BCUT2D eigenvalue weighted by Gasteiger charge is -2.30. The number of nitrogens with one attached hydrogen (secondary N) is 2. The first-order valence-electron chi connectivity index (χ1n) is 9.58. The van der Waals surface area contributed by atoms with Crippen LogP contribution in [0.4, 0.5) is 0 Å². The molecule has 26 heavy (non-hydrogen) atoms. The molecule has 0 saturated heterocycles. The molecular weight excluding hydrogens is 346 g/mol. The third-order valence-electron chi connectivity index (χ3n) is 4.90. The first-order valence-corrected chi connectivity index (χ1v) is 11.0. The Morgan fingerprint density at radius 1 is 1.31 bits per heavy atom. The summed E-state index contributed by atoms with van der Waals surface area (Å²) >= 11 is 0. The highest BCUT2D eigenvalue weighted by Gasteiger charge is 2.25. The molecule has 1 aliphatic carbocycles. The van der Waals surface area contributed by atoms with Gasteiger partial charge in [-0.15, -0.1) is 0 Å². The fourth-order valence-electron chi connectivity index (χ4n) is 3.49. The summed E-state index contributed by atoms with van der Waals surface area (Å²) in [6, 6.07) is 6.52. The number of aryl methyl sites for hydroxylation is 2. The first-order chi connectivity index (χ1) is 12.5. The van der Waals surface area contributed by atoms with Crippen LogP contribution >= 0.6 is 0 Å². The number of benzene rings is 1. The summed E-state index contributed by atoms with van der Waals surface area (Å²) in [5.41, 5.74) is 2.31. The fourth-order valence-corrected chi connectivity index (χ4v) is 4.84. The van der Waals surface area contributed by atoms with Gasteiger partial charge >= 0.3 is 0 Å². The van der Waals surface area contributed by atoms with Crippen molar-refractivity contribution in [3.63, 3.8) is 0 Å². The number of nitrogens with zero attached hydrogens (tertiary/aromatic N) is 1. The van der Waals surface area contributed by atoms with Crippen LogP contribution in [0.25, 0.3) is 0 Å². The molecule has 6 heteroatoms. The van der Waals surface area contributed by atoms with Crippen LogP contribution in [0.3, 0.4) is 0 Å². The summed E-state index contributed by atoms with van der Waals surface area (Å²) in [6.07, 6.45) is 4.27. The molecule has 3 atom stereocenters. The zero-order chi connectivity index (χ0) is 18.9. The van der Waals surface area contributed by atoms with Gasteiger partial charge in [0.25, 0.3) is 0 Å². The molecule has 0 heterocycles. The van der Waals surface area contributed by atoms with Gasteiger partial charge in [0.15, 0.2) is 5.96 Å². The lowest BCUT2D eigenvalue weighted by Crippen LogP contribution is -2.47. The summed E-state index contributed by atoms with van der Waals surface area (Å²) in [5, 5.41) is 7.12. The molecule has 5 nitrogen and oxygen atoms in total. The Balaban J connectivity index is 1.76. The van der Waals surface area contributed by atoms with Crippen molar-refractivity contribution in [3.05, 3.63) is 29.3 Å². The molecule has 2 N–H and O–H groups in total. The first kappa shape index (κ1) is 20.7. The van der Waals surface area contributed by atoms with Crippen molar-refractivity contribution in [1.82, 2.24) is 10.6 Å². The largest absolute Gasteiger partial charge is 0.491 e. The number of aliphatic imine (C=N–C) groups is 1. The second-order valence-electron chi connectivity index (χ2n) is 6.87. The Bertz CT molecular complexity index is 613. The summed E-state index contributed by atoms with van der Waals surface area (Å²) in [6.45, 7) is 7.40. The zero-order valence-electron chi connectivity index (χ0n) is 16.5. The van der Waals surface area contributed by atoms with E-state index in [1.807, 2.05) is 13.0 Å². The predicted molar refractivity (Wildman–Crippen MR) is 111 cm³/mol. The third kappa shape index (κ3) is 6.01. The van der Waals surface area contributed by atoms with E-state index in [2.05, 4.69) is 41.6 Å². The molecule has 3 unspecified atom stereocenters. The van der Waals surface area contributed by atoms with Crippen LogP contribution in [0.5, 0.6) is 5.75 Å². The van der Waals surface area contributed by atoms with Crippen LogP contribution in [0.2, 0.25) is 0 Å². The summed E-state index contributed by atoms with van der Waals surface area (Å²) in [7, 11) is 1.08. The van der Waals surface area contributed by atoms with E-state index in [1.165, 1.54) is 0 Å². The van der Waals surface area contributed by atoms with Crippen molar-refractivity contribution in [3.8, 4) is 5.75 Å². The van der Waals surface area contributed by atoms with Gasteiger partial charge in [-0.3, -0.25) is 9.20 Å². The van der Waals surface area contributed by atoms with Crippen LogP contribution in [0.15, 0.2) is 23.2 Å². The van der Waals surface area contributed by atoms with Crippen LogP contribution in [-0.4, -0.2) is 47.4 Å². The maximum atomic E-state index is 12.1. The smallest absolute Gasteiger partial charge is 0.191 e. The van der Waals surface area contributed by atoms with Gasteiger partial charge in [0, 0.05) is 34.9 Å². The van der Waals surface area contributed by atoms with E-state index >= 15 is 0 Å². The number of hydrogen-bond donors (Lipinski definition) is 2. The summed E-state index contributed by atoms with van der Waals surface area (Å²) in [4.78, 5) is 4.31. The van der Waals surface area contributed by atoms with Crippen LogP contribution < -0.4 is 15.4 Å². The Kier molecular flexibility index (Phi) is 8.42. The molecule has 0 radical (unpaired) electrons. The number of ether oxygens (including phenoxy) is 1. The molecule has 0 bridgehead atoms. The van der Waals surface area contributed by atoms with E-state index < -0.39 is 10.8 Å². The maximum Gasteiger partial charge on any atom is 0.191 e. The van der Waals surface area contributed by atoms with Crippen molar-refractivity contribution >= 4 is 16.8 Å². The Labute approximate surface area is 160 Å². The molecular formula is C20H33N3O2S. The van der Waals surface area contributed by atoms with E-state index in [0.717, 1.165) is 54.3 Å². The van der Waals surface area contributed by atoms with Crippen LogP contribution in [0, 0.1) is 13.8 Å². The van der Waals surface area contributed by atoms with Crippen molar-refractivity contribution in [2.45, 2.75) is 57.7 Å². The molecule has 1 saturated carbocycles.